The molecule has 3 heteroatoms. The highest BCUT2D eigenvalue weighted by molar-refractivity contribution is 5.31. The number of nitrogens with zero attached hydrogens (tertiary/aromatic N) is 1. The van der Waals surface area contributed by atoms with Gasteiger partial charge in [-0.15, -0.1) is 0 Å². The standard InChI is InChI=1S/C15H22N2O/c1-18-14-4-2-3-13(11-14)15(12-5-6-12)17-9-7-16-8-10-17/h2-4,11-12,15-16H,5-10H2,1H3. The van der Waals surface area contributed by atoms with E-state index >= 15 is 0 Å². The van der Waals surface area contributed by atoms with Gasteiger partial charge in [0, 0.05) is 32.2 Å². The van der Waals surface area contributed by atoms with E-state index in [1.54, 1.807) is 7.11 Å². The van der Waals surface area contributed by atoms with E-state index in [1.807, 2.05) is 6.07 Å². The van der Waals surface area contributed by atoms with E-state index in [0.29, 0.717) is 6.04 Å². The molecule has 0 bridgehead atoms. The lowest BCUT2D eigenvalue weighted by Crippen LogP contribution is -2.45. The molecule has 1 atom stereocenters. The number of hydrogen-bond donors (Lipinski definition) is 1. The maximum absolute atomic E-state index is 5.36. The Morgan fingerprint density at radius 2 is 2.06 bits per heavy atom. The van der Waals surface area contributed by atoms with Gasteiger partial charge in [-0.3, -0.25) is 4.90 Å². The first-order valence-corrected chi connectivity index (χ1v) is 6.97. The van der Waals surface area contributed by atoms with E-state index in [-0.39, 0.29) is 0 Å². The molecule has 1 aromatic carbocycles. The number of benzene rings is 1. The summed E-state index contributed by atoms with van der Waals surface area (Å²) in [6.07, 6.45) is 2.76. The normalized spacial score (nSPS) is 22.7. The van der Waals surface area contributed by atoms with Crippen molar-refractivity contribution in [1.29, 1.82) is 0 Å². The van der Waals surface area contributed by atoms with Crippen LogP contribution in [-0.4, -0.2) is 38.2 Å². The zero-order valence-electron chi connectivity index (χ0n) is 11.1. The van der Waals surface area contributed by atoms with Crippen LogP contribution in [0.1, 0.15) is 24.4 Å². The fourth-order valence-corrected chi connectivity index (χ4v) is 2.98. The Hall–Kier alpha value is -1.06. The van der Waals surface area contributed by atoms with Crippen LogP contribution in [0.5, 0.6) is 5.75 Å². The second-order valence-electron chi connectivity index (χ2n) is 5.34. The summed E-state index contributed by atoms with van der Waals surface area (Å²) in [5.41, 5.74) is 1.43. The average molecular weight is 246 g/mol. The molecule has 1 aliphatic heterocycles. The van der Waals surface area contributed by atoms with Gasteiger partial charge in [-0.25, -0.2) is 0 Å². The molecule has 1 saturated heterocycles. The topological polar surface area (TPSA) is 24.5 Å². The van der Waals surface area contributed by atoms with Crippen LogP contribution in [-0.2, 0) is 0 Å². The summed E-state index contributed by atoms with van der Waals surface area (Å²) < 4.78 is 5.36. The maximum Gasteiger partial charge on any atom is 0.119 e. The molecule has 0 amide bonds. The summed E-state index contributed by atoms with van der Waals surface area (Å²) >= 11 is 0. The highest BCUT2D eigenvalue weighted by Crippen LogP contribution is 2.45. The summed E-state index contributed by atoms with van der Waals surface area (Å²) in [4.78, 5) is 2.64. The Morgan fingerprint density at radius 3 is 2.72 bits per heavy atom. The number of methoxy groups -OCH3 is 1. The summed E-state index contributed by atoms with van der Waals surface area (Å²) in [5, 5.41) is 3.44. The molecule has 0 radical (unpaired) electrons. The monoisotopic (exact) mass is 246 g/mol. The fourth-order valence-electron chi connectivity index (χ4n) is 2.98. The molecular weight excluding hydrogens is 224 g/mol. The molecular formula is C15H22N2O. The van der Waals surface area contributed by atoms with Crippen molar-refractivity contribution in [2.24, 2.45) is 5.92 Å². The second kappa shape index (κ2) is 5.29. The lowest BCUT2D eigenvalue weighted by molar-refractivity contribution is 0.156. The van der Waals surface area contributed by atoms with Crippen molar-refractivity contribution in [2.75, 3.05) is 33.3 Å². The Morgan fingerprint density at radius 1 is 1.28 bits per heavy atom. The number of rotatable bonds is 4. The van der Waals surface area contributed by atoms with Crippen LogP contribution in [0, 0.1) is 5.92 Å². The third-order valence-corrected chi connectivity index (χ3v) is 4.05. The minimum atomic E-state index is 0.599. The molecule has 1 heterocycles. The van der Waals surface area contributed by atoms with Gasteiger partial charge in [-0.2, -0.15) is 0 Å². The van der Waals surface area contributed by atoms with Crippen LogP contribution in [0.3, 0.4) is 0 Å². The van der Waals surface area contributed by atoms with Crippen molar-refractivity contribution in [3.63, 3.8) is 0 Å². The van der Waals surface area contributed by atoms with Crippen molar-refractivity contribution in [1.82, 2.24) is 10.2 Å². The van der Waals surface area contributed by atoms with Crippen molar-refractivity contribution in [3.8, 4) is 5.75 Å². The molecule has 1 saturated carbocycles. The average Bonchev–Trinajstić information content (AvgIpc) is 3.25. The molecule has 0 spiro atoms. The number of piperazine rings is 1. The molecule has 18 heavy (non-hydrogen) atoms. The number of hydrogen-bond acceptors (Lipinski definition) is 3. The van der Waals surface area contributed by atoms with Gasteiger partial charge in [0.05, 0.1) is 7.11 Å². The Kier molecular flexibility index (Phi) is 3.52. The van der Waals surface area contributed by atoms with E-state index < -0.39 is 0 Å². The van der Waals surface area contributed by atoms with Crippen LogP contribution in [0.4, 0.5) is 0 Å². The zero-order valence-corrected chi connectivity index (χ0v) is 11.1. The van der Waals surface area contributed by atoms with Gasteiger partial charge in [-0.05, 0) is 36.5 Å². The van der Waals surface area contributed by atoms with Crippen molar-refractivity contribution < 1.29 is 4.74 Å². The van der Waals surface area contributed by atoms with Crippen LogP contribution in [0.15, 0.2) is 24.3 Å². The molecule has 1 aromatic rings. The van der Waals surface area contributed by atoms with Gasteiger partial charge < -0.3 is 10.1 Å². The van der Waals surface area contributed by atoms with E-state index in [0.717, 1.165) is 24.8 Å². The minimum absolute atomic E-state index is 0.599. The fraction of sp³-hybridized carbons (Fsp3) is 0.600. The first-order valence-electron chi connectivity index (χ1n) is 6.97. The van der Waals surface area contributed by atoms with Crippen molar-refractivity contribution in [3.05, 3.63) is 29.8 Å². The smallest absolute Gasteiger partial charge is 0.119 e. The van der Waals surface area contributed by atoms with E-state index in [4.69, 9.17) is 4.74 Å². The van der Waals surface area contributed by atoms with Gasteiger partial charge in [0.1, 0.15) is 5.75 Å². The van der Waals surface area contributed by atoms with Crippen LogP contribution >= 0.6 is 0 Å². The molecule has 3 nitrogen and oxygen atoms in total. The summed E-state index contributed by atoms with van der Waals surface area (Å²) in [7, 11) is 1.75. The van der Waals surface area contributed by atoms with E-state index in [1.165, 1.54) is 31.5 Å². The Labute approximate surface area is 109 Å². The number of ether oxygens (including phenoxy) is 1. The van der Waals surface area contributed by atoms with Crippen LogP contribution in [0.2, 0.25) is 0 Å². The highest BCUT2D eigenvalue weighted by atomic mass is 16.5. The molecule has 0 aromatic heterocycles. The van der Waals surface area contributed by atoms with Crippen LogP contribution in [0.25, 0.3) is 0 Å². The minimum Gasteiger partial charge on any atom is -0.497 e. The van der Waals surface area contributed by atoms with Crippen LogP contribution < -0.4 is 10.1 Å². The van der Waals surface area contributed by atoms with Gasteiger partial charge in [0.2, 0.25) is 0 Å². The second-order valence-corrected chi connectivity index (χ2v) is 5.34. The molecule has 1 aliphatic carbocycles. The maximum atomic E-state index is 5.36. The predicted molar refractivity (Wildman–Crippen MR) is 72.9 cm³/mol. The van der Waals surface area contributed by atoms with Crippen molar-refractivity contribution >= 4 is 0 Å². The third kappa shape index (κ3) is 2.52. The summed E-state index contributed by atoms with van der Waals surface area (Å²) in [6.45, 7) is 4.57. The van der Waals surface area contributed by atoms with Gasteiger partial charge in [0.15, 0.2) is 0 Å². The molecule has 2 fully saturated rings. The van der Waals surface area contributed by atoms with Gasteiger partial charge >= 0.3 is 0 Å². The van der Waals surface area contributed by atoms with Gasteiger partial charge in [-0.1, -0.05) is 12.1 Å². The molecule has 98 valence electrons. The van der Waals surface area contributed by atoms with Crippen molar-refractivity contribution in [2.45, 2.75) is 18.9 Å². The lowest BCUT2D eigenvalue weighted by Gasteiger charge is -2.35. The lowest BCUT2D eigenvalue weighted by atomic mass is 9.99. The molecule has 3 rings (SSSR count). The van der Waals surface area contributed by atoms with Gasteiger partial charge in [0.25, 0.3) is 0 Å². The predicted octanol–water partition coefficient (Wildman–Crippen LogP) is 2.05. The largest absolute Gasteiger partial charge is 0.497 e. The molecule has 1 unspecified atom stereocenters. The first-order chi connectivity index (χ1) is 8.88. The molecule has 1 N–H and O–H groups in total. The first kappa shape index (κ1) is 12.0. The quantitative estimate of drug-likeness (QED) is 0.880. The number of nitrogens with one attached hydrogen (secondary N) is 1. The Bertz CT molecular complexity index is 397. The highest BCUT2D eigenvalue weighted by Gasteiger charge is 2.36. The summed E-state index contributed by atoms with van der Waals surface area (Å²) in [5.74, 6) is 1.84. The molecule has 2 aliphatic rings. The van der Waals surface area contributed by atoms with E-state index in [9.17, 15) is 0 Å². The van der Waals surface area contributed by atoms with E-state index in [2.05, 4.69) is 28.4 Å². The third-order valence-electron chi connectivity index (χ3n) is 4.05. The zero-order chi connectivity index (χ0) is 12.4. The Balaban J connectivity index is 1.83. The summed E-state index contributed by atoms with van der Waals surface area (Å²) in [6, 6.07) is 9.22. The SMILES string of the molecule is COc1cccc(C(C2CC2)N2CCNCC2)c1.